The van der Waals surface area contributed by atoms with Gasteiger partial charge in [0.05, 0.1) is 6.26 Å². The Balaban J connectivity index is 3.21. The van der Waals surface area contributed by atoms with Crippen molar-refractivity contribution in [2.24, 2.45) is 0 Å². The molecule has 1 unspecified atom stereocenters. The van der Waals surface area contributed by atoms with Crippen LogP contribution in [0.3, 0.4) is 0 Å². The molecule has 0 N–H and O–H groups in total. The zero-order valence-corrected chi connectivity index (χ0v) is 8.07. The Hall–Kier alpha value is 0.340. The molecule has 0 saturated heterocycles. The van der Waals surface area contributed by atoms with Crippen LogP contribution in [0, 0.1) is 0 Å². The molecule has 0 aromatic heterocycles. The van der Waals surface area contributed by atoms with E-state index in [0.29, 0.717) is 0 Å². The molecule has 0 aromatic rings. The van der Waals surface area contributed by atoms with Gasteiger partial charge in [-0.25, -0.2) is 0 Å². The zero-order valence-electron chi connectivity index (χ0n) is 6.25. The fourth-order valence-corrected chi connectivity index (χ4v) is 2.09. The number of rotatable bonds is 5. The molecule has 0 aliphatic carbocycles. The van der Waals surface area contributed by atoms with Crippen molar-refractivity contribution in [2.45, 2.75) is 19.8 Å². The van der Waals surface area contributed by atoms with Gasteiger partial charge >= 0.3 is 0 Å². The summed E-state index contributed by atoms with van der Waals surface area (Å²) in [6.07, 6.45) is 4.05. The third-order valence-electron chi connectivity index (χ3n) is 0.843. The molecular formula is C5H13O3PS. The maximum atomic E-state index is 10.4. The summed E-state index contributed by atoms with van der Waals surface area (Å²) in [6, 6.07) is 0. The monoisotopic (exact) mass is 184 g/mol. The topological polar surface area (TPSA) is 43.4 Å². The molecule has 0 bridgehead atoms. The molecule has 0 spiro atoms. The minimum absolute atomic E-state index is 0.102. The molecule has 0 heterocycles. The molecule has 1 atom stereocenters. The van der Waals surface area contributed by atoms with Crippen molar-refractivity contribution in [3.63, 3.8) is 0 Å². The lowest BCUT2D eigenvalue weighted by Gasteiger charge is -1.97. The van der Waals surface area contributed by atoms with E-state index in [1.165, 1.54) is 0 Å². The highest BCUT2D eigenvalue weighted by molar-refractivity contribution is 7.88. The summed E-state index contributed by atoms with van der Waals surface area (Å²) in [5.74, 6) is 0. The summed E-state index contributed by atoms with van der Waals surface area (Å²) in [5, 5.41) is 0. The first-order chi connectivity index (χ1) is 4.56. The standard InChI is InChI=1S/C5H13O3PS/c1-3-4-5-9-8-10(2,6)7/h9H,3-5H2,1-2H3. The summed E-state index contributed by atoms with van der Waals surface area (Å²) in [6.45, 7) is 2.06. The van der Waals surface area contributed by atoms with Crippen molar-refractivity contribution in [2.75, 3.05) is 12.4 Å². The zero-order chi connectivity index (χ0) is 8.04. The quantitative estimate of drug-likeness (QED) is 0.478. The van der Waals surface area contributed by atoms with Crippen molar-refractivity contribution in [1.29, 1.82) is 0 Å². The molecule has 0 amide bonds. The molecule has 0 radical (unpaired) electrons. The van der Waals surface area contributed by atoms with Gasteiger partial charge in [0, 0.05) is 8.81 Å². The number of unbranched alkanes of at least 4 members (excludes halogenated alkanes) is 1. The van der Waals surface area contributed by atoms with Gasteiger partial charge in [0.1, 0.15) is 0 Å². The molecule has 62 valence electrons. The number of hydrogen-bond acceptors (Lipinski definition) is 3. The Kier molecular flexibility index (Phi) is 5.22. The molecule has 5 heteroatoms. The van der Waals surface area contributed by atoms with Crippen LogP contribution in [0.2, 0.25) is 0 Å². The molecule has 10 heavy (non-hydrogen) atoms. The van der Waals surface area contributed by atoms with Gasteiger partial charge in [-0.1, -0.05) is 13.3 Å². The van der Waals surface area contributed by atoms with Gasteiger partial charge in [-0.2, -0.15) is 8.42 Å². The second-order valence-electron chi connectivity index (χ2n) is 2.04. The Labute approximate surface area is 64.1 Å². The van der Waals surface area contributed by atoms with Gasteiger partial charge in [-0.05, 0) is 12.6 Å². The molecule has 0 saturated carbocycles. The van der Waals surface area contributed by atoms with E-state index in [1.54, 1.807) is 0 Å². The van der Waals surface area contributed by atoms with E-state index >= 15 is 0 Å². The Morgan fingerprint density at radius 3 is 2.50 bits per heavy atom. The molecule has 0 aliphatic heterocycles. The van der Waals surface area contributed by atoms with Crippen LogP contribution in [0.5, 0.6) is 0 Å². The van der Waals surface area contributed by atoms with E-state index in [0.717, 1.165) is 25.3 Å². The van der Waals surface area contributed by atoms with Crippen LogP contribution in [-0.4, -0.2) is 20.8 Å². The first kappa shape index (κ1) is 10.3. The maximum Gasteiger partial charge on any atom is 0.267 e. The van der Waals surface area contributed by atoms with Crippen molar-refractivity contribution in [1.82, 2.24) is 0 Å². The highest BCUT2D eigenvalue weighted by atomic mass is 32.2. The fraction of sp³-hybridized carbons (Fsp3) is 1.00. The molecule has 0 fully saturated rings. The molecule has 3 nitrogen and oxygen atoms in total. The van der Waals surface area contributed by atoms with E-state index in [9.17, 15) is 8.42 Å². The van der Waals surface area contributed by atoms with Gasteiger partial charge < -0.3 is 0 Å². The Bertz CT molecular complexity index is 164. The van der Waals surface area contributed by atoms with Crippen molar-refractivity contribution in [3.05, 3.63) is 0 Å². The average Bonchev–Trinajstić information content (AvgIpc) is 1.78. The van der Waals surface area contributed by atoms with Gasteiger partial charge in [0.2, 0.25) is 0 Å². The van der Waals surface area contributed by atoms with E-state index in [-0.39, 0.29) is 8.81 Å². The van der Waals surface area contributed by atoms with Gasteiger partial charge in [0.25, 0.3) is 10.1 Å². The predicted molar refractivity (Wildman–Crippen MR) is 44.0 cm³/mol. The van der Waals surface area contributed by atoms with Crippen LogP contribution >= 0.6 is 8.81 Å². The lowest BCUT2D eigenvalue weighted by atomic mass is 10.4. The molecule has 0 aromatic carbocycles. The van der Waals surface area contributed by atoms with E-state index < -0.39 is 10.1 Å². The Morgan fingerprint density at radius 2 is 2.10 bits per heavy atom. The Morgan fingerprint density at radius 1 is 1.50 bits per heavy atom. The van der Waals surface area contributed by atoms with Crippen LogP contribution in [-0.2, 0) is 14.1 Å². The lowest BCUT2D eigenvalue weighted by Crippen LogP contribution is -1.94. The summed E-state index contributed by atoms with van der Waals surface area (Å²) >= 11 is 0. The molecule has 0 aliphatic rings. The van der Waals surface area contributed by atoms with Crippen molar-refractivity contribution >= 4 is 18.9 Å². The summed E-state index contributed by atoms with van der Waals surface area (Å²) in [7, 11) is -3.09. The van der Waals surface area contributed by atoms with Crippen LogP contribution in [0.4, 0.5) is 0 Å². The minimum atomic E-state index is -3.19. The SMILES string of the molecule is CCCCPOS(C)(=O)=O. The second kappa shape index (κ2) is 5.05. The summed E-state index contributed by atoms with van der Waals surface area (Å²) in [5.41, 5.74) is 0. The minimum Gasteiger partial charge on any atom is -0.251 e. The first-order valence-electron chi connectivity index (χ1n) is 3.17. The average molecular weight is 184 g/mol. The van der Waals surface area contributed by atoms with Gasteiger partial charge in [-0.3, -0.25) is 3.97 Å². The van der Waals surface area contributed by atoms with Crippen molar-refractivity contribution < 1.29 is 12.4 Å². The highest BCUT2D eigenvalue weighted by Gasteiger charge is 1.99. The number of hydrogen-bond donors (Lipinski definition) is 0. The largest absolute Gasteiger partial charge is 0.267 e. The van der Waals surface area contributed by atoms with E-state index in [4.69, 9.17) is 0 Å². The molecular weight excluding hydrogens is 171 g/mol. The smallest absolute Gasteiger partial charge is 0.251 e. The van der Waals surface area contributed by atoms with E-state index in [1.807, 2.05) is 0 Å². The lowest BCUT2D eigenvalue weighted by molar-refractivity contribution is 0.520. The van der Waals surface area contributed by atoms with Gasteiger partial charge in [-0.15, -0.1) is 0 Å². The van der Waals surface area contributed by atoms with Crippen LogP contribution in [0.15, 0.2) is 0 Å². The van der Waals surface area contributed by atoms with Gasteiger partial charge in [0.15, 0.2) is 0 Å². The van der Waals surface area contributed by atoms with Crippen molar-refractivity contribution in [3.8, 4) is 0 Å². The maximum absolute atomic E-state index is 10.4. The second-order valence-corrected chi connectivity index (χ2v) is 4.90. The fourth-order valence-electron chi connectivity index (χ4n) is 0.398. The predicted octanol–water partition coefficient (Wildman–Crippen LogP) is 1.36. The summed E-state index contributed by atoms with van der Waals surface area (Å²) in [4.78, 5) is 0. The summed E-state index contributed by atoms with van der Waals surface area (Å²) < 4.78 is 25.3. The third kappa shape index (κ3) is 8.34. The van der Waals surface area contributed by atoms with Crippen LogP contribution < -0.4 is 0 Å². The normalized spacial score (nSPS) is 13.0. The molecule has 0 rings (SSSR count). The highest BCUT2D eigenvalue weighted by Crippen LogP contribution is 2.16. The first-order valence-corrected chi connectivity index (χ1v) is 6.10. The van der Waals surface area contributed by atoms with E-state index in [2.05, 4.69) is 10.9 Å². The van der Waals surface area contributed by atoms with Crippen LogP contribution in [0.1, 0.15) is 19.8 Å². The van der Waals surface area contributed by atoms with Crippen LogP contribution in [0.25, 0.3) is 0 Å². The third-order valence-corrected chi connectivity index (χ3v) is 3.08.